The van der Waals surface area contributed by atoms with Crippen molar-refractivity contribution in [1.82, 2.24) is 10.6 Å². The van der Waals surface area contributed by atoms with Crippen molar-refractivity contribution in [2.75, 3.05) is 17.2 Å². The number of aryl methyl sites for hydroxylation is 1. The van der Waals surface area contributed by atoms with Crippen LogP contribution in [0.5, 0.6) is 0 Å². The average molecular weight is 376 g/mol. The molecule has 0 radical (unpaired) electrons. The molecule has 1 atom stereocenters. The summed E-state index contributed by atoms with van der Waals surface area (Å²) in [6.45, 7) is 5.28. The van der Waals surface area contributed by atoms with E-state index in [9.17, 15) is 18.8 Å². The number of nitrogens with one attached hydrogen (secondary N) is 4. The van der Waals surface area contributed by atoms with Gasteiger partial charge in [0.15, 0.2) is 0 Å². The first kappa shape index (κ1) is 20.0. The van der Waals surface area contributed by atoms with Gasteiger partial charge in [-0.3, -0.25) is 14.9 Å². The normalized spacial score (nSPS) is 11.4. The van der Waals surface area contributed by atoms with Crippen molar-refractivity contribution in [3.63, 3.8) is 0 Å². The molecule has 8 nitrogen and oxygen atoms in total. The van der Waals surface area contributed by atoms with Gasteiger partial charge in [0.25, 0.3) is 5.91 Å². The standard InChI is InChI=1S/C18H21FN4O4/c1-4-20-18(26)23-16(24)10(2)21-12-5-6-14(19)15(9-12)22-17(25)13-7-8-27-11(13)3/h5-10,21H,4H2,1-3H3,(H,22,25)(H2,20,23,24,26)/t10-/m1/s1. The van der Waals surface area contributed by atoms with Crippen LogP contribution in [0, 0.1) is 12.7 Å². The van der Waals surface area contributed by atoms with E-state index in [0.717, 1.165) is 6.07 Å². The fourth-order valence-corrected chi connectivity index (χ4v) is 2.26. The van der Waals surface area contributed by atoms with Crippen LogP contribution < -0.4 is 21.3 Å². The maximum absolute atomic E-state index is 14.0. The Kier molecular flexibility index (Phi) is 6.53. The molecule has 0 saturated heterocycles. The molecule has 0 aliphatic heterocycles. The van der Waals surface area contributed by atoms with Crippen molar-refractivity contribution in [3.05, 3.63) is 47.7 Å². The van der Waals surface area contributed by atoms with Crippen LogP contribution in [0.4, 0.5) is 20.6 Å². The van der Waals surface area contributed by atoms with Crippen molar-refractivity contribution >= 4 is 29.2 Å². The molecule has 0 aliphatic rings. The van der Waals surface area contributed by atoms with Crippen molar-refractivity contribution in [2.45, 2.75) is 26.8 Å². The Bertz CT molecular complexity index is 850. The van der Waals surface area contributed by atoms with Gasteiger partial charge in [0, 0.05) is 12.2 Å². The van der Waals surface area contributed by atoms with E-state index in [1.165, 1.54) is 24.5 Å². The number of hydrogen-bond acceptors (Lipinski definition) is 5. The molecule has 0 spiro atoms. The van der Waals surface area contributed by atoms with Gasteiger partial charge in [0.1, 0.15) is 17.6 Å². The van der Waals surface area contributed by atoms with Crippen molar-refractivity contribution < 1.29 is 23.2 Å². The lowest BCUT2D eigenvalue weighted by Gasteiger charge is -2.16. The molecule has 0 aliphatic carbocycles. The maximum atomic E-state index is 14.0. The third kappa shape index (κ3) is 5.30. The number of urea groups is 1. The zero-order valence-corrected chi connectivity index (χ0v) is 15.2. The molecule has 144 valence electrons. The fraction of sp³-hybridized carbons (Fsp3) is 0.278. The summed E-state index contributed by atoms with van der Waals surface area (Å²) in [5.74, 6) is -1.28. The second-order valence-corrected chi connectivity index (χ2v) is 5.75. The first-order chi connectivity index (χ1) is 12.8. The van der Waals surface area contributed by atoms with Crippen molar-refractivity contribution in [1.29, 1.82) is 0 Å². The minimum atomic E-state index is -0.766. The van der Waals surface area contributed by atoms with E-state index >= 15 is 0 Å². The van der Waals surface area contributed by atoms with Gasteiger partial charge >= 0.3 is 6.03 Å². The lowest BCUT2D eigenvalue weighted by atomic mass is 10.2. The predicted molar refractivity (Wildman–Crippen MR) is 98.1 cm³/mol. The third-order valence-corrected chi connectivity index (χ3v) is 3.67. The number of amides is 4. The molecule has 9 heteroatoms. The molecule has 1 aromatic carbocycles. The summed E-state index contributed by atoms with van der Waals surface area (Å²) in [6, 6.07) is 4.06. The minimum Gasteiger partial charge on any atom is -0.469 e. The van der Waals surface area contributed by atoms with E-state index in [-0.39, 0.29) is 5.69 Å². The van der Waals surface area contributed by atoms with Gasteiger partial charge in [-0.1, -0.05) is 0 Å². The average Bonchev–Trinajstić information content (AvgIpc) is 3.04. The van der Waals surface area contributed by atoms with Crippen LogP contribution in [0.15, 0.2) is 34.9 Å². The Morgan fingerprint density at radius 1 is 1.22 bits per heavy atom. The first-order valence-corrected chi connectivity index (χ1v) is 8.32. The number of anilines is 2. The topological polar surface area (TPSA) is 112 Å². The molecular formula is C18H21FN4O4. The number of rotatable bonds is 6. The number of carbonyl (C=O) groups excluding carboxylic acids is 3. The number of benzene rings is 1. The Morgan fingerprint density at radius 2 is 1.96 bits per heavy atom. The molecule has 2 aromatic rings. The van der Waals surface area contributed by atoms with Crippen LogP contribution in [0.25, 0.3) is 0 Å². The zero-order valence-electron chi connectivity index (χ0n) is 15.2. The molecular weight excluding hydrogens is 355 g/mol. The SMILES string of the molecule is CCNC(=O)NC(=O)[C@@H](C)Nc1ccc(F)c(NC(=O)c2ccoc2C)c1. The molecule has 2 rings (SSSR count). The summed E-state index contributed by atoms with van der Waals surface area (Å²) in [5.41, 5.74) is 0.638. The van der Waals surface area contributed by atoms with Gasteiger partial charge in [-0.2, -0.15) is 0 Å². The van der Waals surface area contributed by atoms with Crippen molar-refractivity contribution in [3.8, 4) is 0 Å². The van der Waals surface area contributed by atoms with E-state index in [1.54, 1.807) is 20.8 Å². The van der Waals surface area contributed by atoms with Crippen LogP contribution >= 0.6 is 0 Å². The molecule has 0 fully saturated rings. The molecule has 0 saturated carbocycles. The second-order valence-electron chi connectivity index (χ2n) is 5.75. The first-order valence-electron chi connectivity index (χ1n) is 8.32. The molecule has 1 aromatic heterocycles. The fourth-order valence-electron chi connectivity index (χ4n) is 2.26. The largest absolute Gasteiger partial charge is 0.469 e. The van der Waals surface area contributed by atoms with Gasteiger partial charge < -0.3 is 20.4 Å². The van der Waals surface area contributed by atoms with Crippen LogP contribution in [0.3, 0.4) is 0 Å². The molecule has 4 amide bonds. The Labute approximate surface area is 155 Å². The second kappa shape index (κ2) is 8.84. The predicted octanol–water partition coefficient (Wildman–Crippen LogP) is 2.63. The Morgan fingerprint density at radius 3 is 2.59 bits per heavy atom. The highest BCUT2D eigenvalue weighted by molar-refractivity contribution is 6.05. The molecule has 1 heterocycles. The Hall–Kier alpha value is -3.36. The number of halogens is 1. The summed E-state index contributed by atoms with van der Waals surface area (Å²) < 4.78 is 19.1. The quantitative estimate of drug-likeness (QED) is 0.619. The molecule has 0 unspecified atom stereocenters. The van der Waals surface area contributed by atoms with Gasteiger partial charge in [0.05, 0.1) is 17.5 Å². The van der Waals surface area contributed by atoms with Gasteiger partial charge in [-0.25, -0.2) is 9.18 Å². The van der Waals surface area contributed by atoms with Crippen LogP contribution in [-0.4, -0.2) is 30.4 Å². The number of carbonyl (C=O) groups is 3. The zero-order chi connectivity index (χ0) is 20.0. The summed E-state index contributed by atoms with van der Waals surface area (Å²) in [5, 5.41) is 9.94. The van der Waals surface area contributed by atoms with E-state index in [0.29, 0.717) is 23.6 Å². The summed E-state index contributed by atoms with van der Waals surface area (Å²) in [4.78, 5) is 35.6. The van der Waals surface area contributed by atoms with Crippen LogP contribution in [-0.2, 0) is 4.79 Å². The lowest BCUT2D eigenvalue weighted by molar-refractivity contribution is -0.120. The van der Waals surface area contributed by atoms with Gasteiger partial charge in [-0.15, -0.1) is 0 Å². The molecule has 0 bridgehead atoms. The van der Waals surface area contributed by atoms with Crippen LogP contribution in [0.1, 0.15) is 30.0 Å². The van der Waals surface area contributed by atoms with Crippen LogP contribution in [0.2, 0.25) is 0 Å². The number of furan rings is 1. The summed E-state index contributed by atoms with van der Waals surface area (Å²) in [7, 11) is 0. The number of imide groups is 1. The monoisotopic (exact) mass is 376 g/mol. The smallest absolute Gasteiger partial charge is 0.321 e. The summed E-state index contributed by atoms with van der Waals surface area (Å²) >= 11 is 0. The highest BCUT2D eigenvalue weighted by Gasteiger charge is 2.17. The van der Waals surface area contributed by atoms with Gasteiger partial charge in [-0.05, 0) is 45.0 Å². The summed E-state index contributed by atoms with van der Waals surface area (Å²) in [6.07, 6.45) is 1.37. The van der Waals surface area contributed by atoms with E-state index < -0.39 is 29.7 Å². The highest BCUT2D eigenvalue weighted by atomic mass is 19.1. The maximum Gasteiger partial charge on any atom is 0.321 e. The molecule has 27 heavy (non-hydrogen) atoms. The van der Waals surface area contributed by atoms with E-state index in [1.807, 2.05) is 0 Å². The number of hydrogen-bond donors (Lipinski definition) is 4. The molecule has 4 N–H and O–H groups in total. The van der Waals surface area contributed by atoms with E-state index in [4.69, 9.17) is 4.42 Å². The van der Waals surface area contributed by atoms with Gasteiger partial charge in [0.2, 0.25) is 5.91 Å². The third-order valence-electron chi connectivity index (χ3n) is 3.67. The van der Waals surface area contributed by atoms with Crippen molar-refractivity contribution in [2.24, 2.45) is 0 Å². The Balaban J connectivity index is 2.06. The highest BCUT2D eigenvalue weighted by Crippen LogP contribution is 2.22. The van der Waals surface area contributed by atoms with E-state index in [2.05, 4.69) is 21.3 Å². The lowest BCUT2D eigenvalue weighted by Crippen LogP contribution is -2.45. The minimum absolute atomic E-state index is 0.0538.